The number of hydrogen-bond donors (Lipinski definition) is 0. The van der Waals surface area contributed by atoms with E-state index < -0.39 is 0 Å². The van der Waals surface area contributed by atoms with Crippen LogP contribution < -0.4 is 0 Å². The van der Waals surface area contributed by atoms with Crippen molar-refractivity contribution in [1.82, 2.24) is 4.90 Å². The second-order valence-corrected chi connectivity index (χ2v) is 12.1. The van der Waals surface area contributed by atoms with E-state index in [2.05, 4.69) is 57.8 Å². The maximum absolute atomic E-state index is 12.5. The highest BCUT2D eigenvalue weighted by molar-refractivity contribution is 6.31. The molecule has 30 heavy (non-hydrogen) atoms. The SMILES string of the molecule is Cc1ccc(Cl)c(C2CC[C@H]3[C@@H]4C(C)CC5N(C)C(=O)CC[C@]5(C)[C@@H]4CC[C@]23C)c1. The molecular weight excluding hydrogens is 390 g/mol. The highest BCUT2D eigenvalue weighted by atomic mass is 35.5. The number of likely N-dealkylation sites (tertiary alicyclic amines) is 1. The van der Waals surface area contributed by atoms with Crippen molar-refractivity contribution in [1.29, 1.82) is 0 Å². The minimum absolute atomic E-state index is 0.292. The summed E-state index contributed by atoms with van der Waals surface area (Å²) in [5.41, 5.74) is 3.37. The summed E-state index contributed by atoms with van der Waals surface area (Å²) in [6.07, 6.45) is 8.25. The van der Waals surface area contributed by atoms with Gasteiger partial charge in [-0.3, -0.25) is 4.79 Å². The van der Waals surface area contributed by atoms with Crippen LogP contribution in [-0.2, 0) is 4.79 Å². The Morgan fingerprint density at radius 3 is 2.57 bits per heavy atom. The van der Waals surface area contributed by atoms with E-state index in [4.69, 9.17) is 11.6 Å². The van der Waals surface area contributed by atoms with Gasteiger partial charge in [-0.05, 0) is 97.5 Å². The van der Waals surface area contributed by atoms with Crippen molar-refractivity contribution in [2.24, 2.45) is 34.5 Å². The molecule has 3 unspecified atom stereocenters. The first-order valence-electron chi connectivity index (χ1n) is 12.2. The van der Waals surface area contributed by atoms with Gasteiger partial charge >= 0.3 is 0 Å². The fraction of sp³-hybridized carbons (Fsp3) is 0.741. The van der Waals surface area contributed by atoms with E-state index in [-0.39, 0.29) is 0 Å². The lowest BCUT2D eigenvalue weighted by Crippen LogP contribution is -2.63. The quantitative estimate of drug-likeness (QED) is 0.480. The summed E-state index contributed by atoms with van der Waals surface area (Å²) in [5.74, 6) is 3.97. The Labute approximate surface area is 187 Å². The second kappa shape index (κ2) is 6.99. The molecular formula is C27H38ClNO. The Kier molecular flexibility index (Phi) is 4.86. The third-order valence-electron chi connectivity index (χ3n) is 10.5. The summed E-state index contributed by atoms with van der Waals surface area (Å²) in [5, 5.41) is 0.964. The number of halogens is 1. The number of hydrogen-bond acceptors (Lipinski definition) is 1. The van der Waals surface area contributed by atoms with E-state index in [0.717, 1.165) is 35.6 Å². The molecule has 1 aliphatic heterocycles. The number of fused-ring (bicyclic) bond motifs is 5. The van der Waals surface area contributed by atoms with Crippen LogP contribution in [0.3, 0.4) is 0 Å². The van der Waals surface area contributed by atoms with Crippen LogP contribution in [0.15, 0.2) is 18.2 Å². The number of rotatable bonds is 1. The van der Waals surface area contributed by atoms with Gasteiger partial charge in [-0.2, -0.15) is 0 Å². The number of benzene rings is 1. The molecule has 0 radical (unpaired) electrons. The van der Waals surface area contributed by atoms with Gasteiger partial charge in [0.25, 0.3) is 0 Å². The van der Waals surface area contributed by atoms with E-state index in [1.54, 1.807) is 0 Å². The predicted molar refractivity (Wildman–Crippen MR) is 124 cm³/mol. The average Bonchev–Trinajstić information content (AvgIpc) is 3.05. The van der Waals surface area contributed by atoms with Crippen LogP contribution in [0.1, 0.15) is 82.8 Å². The summed E-state index contributed by atoms with van der Waals surface area (Å²) < 4.78 is 0. The lowest BCUT2D eigenvalue weighted by molar-refractivity contribution is -0.165. The molecule has 0 spiro atoms. The maximum Gasteiger partial charge on any atom is 0.222 e. The molecule has 3 aliphatic carbocycles. The third-order valence-corrected chi connectivity index (χ3v) is 10.8. The molecule has 5 rings (SSSR count). The molecule has 4 aliphatic rings. The van der Waals surface area contributed by atoms with Crippen LogP contribution >= 0.6 is 11.6 Å². The summed E-state index contributed by atoms with van der Waals surface area (Å²) in [7, 11) is 2.07. The molecule has 0 bridgehead atoms. The summed E-state index contributed by atoms with van der Waals surface area (Å²) >= 11 is 6.74. The molecule has 164 valence electrons. The van der Waals surface area contributed by atoms with Crippen molar-refractivity contribution >= 4 is 17.5 Å². The molecule has 3 heteroatoms. The molecule has 1 saturated heterocycles. The third kappa shape index (κ3) is 2.78. The largest absolute Gasteiger partial charge is 0.342 e. The molecule has 4 fully saturated rings. The van der Waals surface area contributed by atoms with Gasteiger partial charge in [0.2, 0.25) is 5.91 Å². The minimum Gasteiger partial charge on any atom is -0.342 e. The monoisotopic (exact) mass is 427 g/mol. The Balaban J connectivity index is 1.50. The van der Waals surface area contributed by atoms with Crippen molar-refractivity contribution in [3.8, 4) is 0 Å². The van der Waals surface area contributed by atoms with Crippen LogP contribution in [-0.4, -0.2) is 23.9 Å². The van der Waals surface area contributed by atoms with Crippen molar-refractivity contribution in [3.63, 3.8) is 0 Å². The number of carbonyl (C=O) groups is 1. The summed E-state index contributed by atoms with van der Waals surface area (Å²) in [6.45, 7) is 9.79. The van der Waals surface area contributed by atoms with Crippen molar-refractivity contribution in [2.45, 2.75) is 84.6 Å². The van der Waals surface area contributed by atoms with E-state index in [0.29, 0.717) is 34.6 Å². The van der Waals surface area contributed by atoms with Crippen LogP contribution in [0.4, 0.5) is 0 Å². The molecule has 2 nitrogen and oxygen atoms in total. The number of amides is 1. The fourth-order valence-corrected chi connectivity index (χ4v) is 9.15. The highest BCUT2D eigenvalue weighted by Gasteiger charge is 2.63. The number of aryl methyl sites for hydroxylation is 1. The lowest BCUT2D eigenvalue weighted by Gasteiger charge is -2.63. The summed E-state index contributed by atoms with van der Waals surface area (Å²) in [6, 6.07) is 7.04. The average molecular weight is 428 g/mol. The Hall–Kier alpha value is -1.02. The van der Waals surface area contributed by atoms with Gasteiger partial charge in [0.1, 0.15) is 0 Å². The first-order chi connectivity index (χ1) is 14.2. The van der Waals surface area contributed by atoms with E-state index >= 15 is 0 Å². The number of carbonyl (C=O) groups excluding carboxylic acids is 1. The van der Waals surface area contributed by atoms with Gasteiger partial charge in [0, 0.05) is 24.5 Å². The Morgan fingerprint density at radius 2 is 1.80 bits per heavy atom. The van der Waals surface area contributed by atoms with E-state index in [1.165, 1.54) is 43.2 Å². The molecule has 1 aromatic rings. The molecule has 0 N–H and O–H groups in total. The highest BCUT2D eigenvalue weighted by Crippen LogP contribution is 2.69. The van der Waals surface area contributed by atoms with Crippen molar-refractivity contribution in [3.05, 3.63) is 34.3 Å². The van der Waals surface area contributed by atoms with Crippen LogP contribution in [0.25, 0.3) is 0 Å². The van der Waals surface area contributed by atoms with Crippen LogP contribution in [0, 0.1) is 41.4 Å². The van der Waals surface area contributed by atoms with Crippen LogP contribution in [0.2, 0.25) is 5.02 Å². The maximum atomic E-state index is 12.5. The Bertz CT molecular complexity index is 866. The van der Waals surface area contributed by atoms with Crippen molar-refractivity contribution < 1.29 is 4.79 Å². The number of piperidine rings is 1. The predicted octanol–water partition coefficient (Wildman–Crippen LogP) is 6.84. The number of nitrogens with zero attached hydrogens (tertiary/aromatic N) is 1. The molecule has 1 amide bonds. The molecule has 8 atom stereocenters. The van der Waals surface area contributed by atoms with Gasteiger partial charge in [-0.25, -0.2) is 0 Å². The smallest absolute Gasteiger partial charge is 0.222 e. The minimum atomic E-state index is 0.292. The van der Waals surface area contributed by atoms with E-state index in [1.807, 2.05) is 0 Å². The zero-order valence-corrected chi connectivity index (χ0v) is 20.1. The van der Waals surface area contributed by atoms with Gasteiger partial charge in [0.15, 0.2) is 0 Å². The lowest BCUT2D eigenvalue weighted by atomic mass is 9.44. The zero-order chi connectivity index (χ0) is 21.4. The van der Waals surface area contributed by atoms with Crippen molar-refractivity contribution in [2.75, 3.05) is 7.05 Å². The fourth-order valence-electron chi connectivity index (χ4n) is 8.90. The molecule has 3 saturated carbocycles. The van der Waals surface area contributed by atoms with Gasteiger partial charge in [0.05, 0.1) is 0 Å². The van der Waals surface area contributed by atoms with Gasteiger partial charge < -0.3 is 4.90 Å². The first kappa shape index (κ1) is 20.9. The summed E-state index contributed by atoms with van der Waals surface area (Å²) in [4.78, 5) is 14.6. The first-order valence-corrected chi connectivity index (χ1v) is 12.6. The van der Waals surface area contributed by atoms with Crippen LogP contribution in [0.5, 0.6) is 0 Å². The molecule has 0 aromatic heterocycles. The Morgan fingerprint density at radius 1 is 1.07 bits per heavy atom. The zero-order valence-electron chi connectivity index (χ0n) is 19.4. The second-order valence-electron chi connectivity index (χ2n) is 11.7. The van der Waals surface area contributed by atoms with Gasteiger partial charge in [-0.15, -0.1) is 0 Å². The molecule has 1 aromatic carbocycles. The topological polar surface area (TPSA) is 20.3 Å². The standard InChI is InChI=1S/C27H38ClNO/c1-16-6-9-22(28)18(14-16)19-7-8-20-25-17(2)15-23-27(4,13-11-24(30)29(23)5)21(25)10-12-26(19,20)3/h6,9,14,17,19-21,23,25H,7-8,10-13,15H2,1-5H3/t17?,19?,20-,21+,23?,25-,26+,27+/m0/s1. The van der Waals surface area contributed by atoms with E-state index in [9.17, 15) is 4.79 Å². The normalized spacial score (nSPS) is 45.7. The molecule has 1 heterocycles. The van der Waals surface area contributed by atoms with Gasteiger partial charge in [-0.1, -0.05) is 50.1 Å².